The summed E-state index contributed by atoms with van der Waals surface area (Å²) in [5.74, 6) is -0.229. The predicted molar refractivity (Wildman–Crippen MR) is 86.5 cm³/mol. The zero-order chi connectivity index (χ0) is 14.1. The van der Waals surface area contributed by atoms with Gasteiger partial charge in [-0.3, -0.25) is 4.79 Å². The number of allylic oxidation sites excluding steroid dienone is 3. The lowest BCUT2D eigenvalue weighted by Crippen LogP contribution is -2.22. The van der Waals surface area contributed by atoms with E-state index in [1.165, 1.54) is 11.8 Å². The van der Waals surface area contributed by atoms with Gasteiger partial charge < -0.3 is 0 Å². The molecule has 3 rings (SSSR count). The standard InChI is InChI=1S/C15H9Cl2NOS/c16-10-6-5-9(11(17)8-10)7-14-15(19)18-12-3-1-2-4-13(12)20-14/h1-8,13H/b14-7+. The number of thioether (sulfide) groups is 1. The van der Waals surface area contributed by atoms with Crippen molar-refractivity contribution in [1.29, 1.82) is 0 Å². The molecule has 1 heterocycles. The van der Waals surface area contributed by atoms with Crippen LogP contribution in [0.15, 0.2) is 52.4 Å². The molecule has 1 aromatic carbocycles. The van der Waals surface area contributed by atoms with Crippen molar-refractivity contribution in [3.63, 3.8) is 0 Å². The fraction of sp³-hybridized carbons (Fsp3) is 0.0667. The molecule has 0 saturated carbocycles. The number of hydrogen-bond donors (Lipinski definition) is 0. The van der Waals surface area contributed by atoms with Crippen LogP contribution in [0.5, 0.6) is 0 Å². The highest BCUT2D eigenvalue weighted by atomic mass is 35.5. The third kappa shape index (κ3) is 2.75. The summed E-state index contributed by atoms with van der Waals surface area (Å²) in [6.07, 6.45) is 9.49. The summed E-state index contributed by atoms with van der Waals surface area (Å²) in [5, 5.41) is 1.18. The first-order valence-electron chi connectivity index (χ1n) is 5.95. The number of aliphatic imine (C=N–C) groups is 1. The van der Waals surface area contributed by atoms with Gasteiger partial charge >= 0.3 is 0 Å². The van der Waals surface area contributed by atoms with Gasteiger partial charge in [0.2, 0.25) is 0 Å². The second-order valence-electron chi connectivity index (χ2n) is 4.30. The summed E-state index contributed by atoms with van der Waals surface area (Å²) >= 11 is 13.5. The Morgan fingerprint density at radius 2 is 2.10 bits per heavy atom. The van der Waals surface area contributed by atoms with E-state index in [0.717, 1.165) is 11.3 Å². The first-order valence-corrected chi connectivity index (χ1v) is 7.58. The van der Waals surface area contributed by atoms with Crippen LogP contribution in [0.3, 0.4) is 0 Å². The molecule has 0 fully saturated rings. The summed E-state index contributed by atoms with van der Waals surface area (Å²) in [6, 6.07) is 5.20. The van der Waals surface area contributed by atoms with Crippen LogP contribution in [-0.4, -0.2) is 16.9 Å². The van der Waals surface area contributed by atoms with Gasteiger partial charge in [0, 0.05) is 10.0 Å². The van der Waals surface area contributed by atoms with E-state index in [1.807, 2.05) is 24.3 Å². The second kappa shape index (κ2) is 5.60. The van der Waals surface area contributed by atoms with Crippen molar-refractivity contribution < 1.29 is 4.79 Å². The minimum absolute atomic E-state index is 0.0926. The summed E-state index contributed by atoms with van der Waals surface area (Å²) in [4.78, 5) is 16.7. The summed E-state index contributed by atoms with van der Waals surface area (Å²) in [6.45, 7) is 0. The average molecular weight is 322 g/mol. The minimum Gasteiger partial charge on any atom is -0.266 e. The van der Waals surface area contributed by atoms with Crippen LogP contribution in [0.4, 0.5) is 0 Å². The van der Waals surface area contributed by atoms with Crippen LogP contribution in [0.2, 0.25) is 10.0 Å². The van der Waals surface area contributed by atoms with Crippen LogP contribution in [0, 0.1) is 0 Å². The van der Waals surface area contributed by atoms with E-state index in [9.17, 15) is 4.79 Å². The molecular weight excluding hydrogens is 313 g/mol. The fourth-order valence-corrected chi connectivity index (χ4v) is 3.43. The van der Waals surface area contributed by atoms with Crippen molar-refractivity contribution in [3.05, 3.63) is 63.0 Å². The maximum Gasteiger partial charge on any atom is 0.283 e. The monoisotopic (exact) mass is 321 g/mol. The maximum atomic E-state index is 12.0. The molecule has 0 aromatic heterocycles. The fourth-order valence-electron chi connectivity index (χ4n) is 1.93. The van der Waals surface area contributed by atoms with Crippen LogP contribution in [0.1, 0.15) is 5.56 Å². The van der Waals surface area contributed by atoms with Crippen molar-refractivity contribution >= 4 is 52.7 Å². The molecule has 100 valence electrons. The summed E-state index contributed by atoms with van der Waals surface area (Å²) in [7, 11) is 0. The second-order valence-corrected chi connectivity index (χ2v) is 6.33. The highest BCUT2D eigenvalue weighted by Gasteiger charge is 2.25. The van der Waals surface area contributed by atoms with Gasteiger partial charge in [-0.1, -0.05) is 47.5 Å². The Morgan fingerprint density at radius 3 is 2.90 bits per heavy atom. The van der Waals surface area contributed by atoms with Crippen molar-refractivity contribution in [2.24, 2.45) is 4.99 Å². The Morgan fingerprint density at radius 1 is 1.25 bits per heavy atom. The van der Waals surface area contributed by atoms with E-state index in [2.05, 4.69) is 4.99 Å². The Labute approximate surface area is 130 Å². The number of carbonyl (C=O) groups excluding carboxylic acids is 1. The van der Waals surface area contributed by atoms with Gasteiger partial charge in [-0.15, -0.1) is 11.8 Å². The van der Waals surface area contributed by atoms with Gasteiger partial charge in [0.05, 0.1) is 15.9 Å². The number of benzene rings is 1. The van der Waals surface area contributed by atoms with Gasteiger partial charge in [0.15, 0.2) is 0 Å². The summed E-state index contributed by atoms with van der Waals surface area (Å²) in [5.41, 5.74) is 1.56. The number of fused-ring (bicyclic) bond motifs is 1. The first-order chi connectivity index (χ1) is 9.63. The number of amides is 1. The molecule has 0 radical (unpaired) electrons. The molecular formula is C15H9Cl2NOS. The Hall–Kier alpha value is -1.29. The van der Waals surface area contributed by atoms with Gasteiger partial charge in [-0.25, -0.2) is 4.99 Å². The molecule has 0 bridgehead atoms. The summed E-state index contributed by atoms with van der Waals surface area (Å²) < 4.78 is 0. The first kappa shape index (κ1) is 13.7. The number of hydrogen-bond acceptors (Lipinski definition) is 2. The zero-order valence-electron chi connectivity index (χ0n) is 10.2. The van der Waals surface area contributed by atoms with Crippen LogP contribution in [0.25, 0.3) is 6.08 Å². The smallest absolute Gasteiger partial charge is 0.266 e. The van der Waals surface area contributed by atoms with Crippen LogP contribution >= 0.6 is 35.0 Å². The van der Waals surface area contributed by atoms with Crippen molar-refractivity contribution in [2.75, 3.05) is 0 Å². The third-order valence-corrected chi connectivity index (χ3v) is 4.66. The minimum atomic E-state index is -0.229. The Balaban J connectivity index is 1.96. The molecule has 1 aliphatic carbocycles. The number of halogens is 2. The van der Waals surface area contributed by atoms with Gasteiger partial charge in [0.1, 0.15) is 0 Å². The molecule has 20 heavy (non-hydrogen) atoms. The molecule has 1 amide bonds. The van der Waals surface area contributed by atoms with Crippen LogP contribution < -0.4 is 0 Å². The zero-order valence-corrected chi connectivity index (χ0v) is 12.5. The molecule has 1 unspecified atom stereocenters. The SMILES string of the molecule is O=C1N=C2C=CC=CC2S/C1=C/c1ccc(Cl)cc1Cl. The van der Waals surface area contributed by atoms with E-state index in [-0.39, 0.29) is 11.2 Å². The molecule has 2 aliphatic rings. The van der Waals surface area contributed by atoms with Crippen LogP contribution in [-0.2, 0) is 4.79 Å². The maximum absolute atomic E-state index is 12.0. The highest BCUT2D eigenvalue weighted by molar-refractivity contribution is 8.05. The number of carbonyl (C=O) groups is 1. The van der Waals surface area contributed by atoms with E-state index >= 15 is 0 Å². The molecule has 2 nitrogen and oxygen atoms in total. The number of nitrogens with zero attached hydrogens (tertiary/aromatic N) is 1. The lowest BCUT2D eigenvalue weighted by atomic mass is 10.1. The molecule has 0 saturated heterocycles. The molecule has 0 spiro atoms. The van der Waals surface area contributed by atoms with E-state index in [0.29, 0.717) is 15.0 Å². The predicted octanol–water partition coefficient (Wildman–Crippen LogP) is 4.54. The Kier molecular flexibility index (Phi) is 3.83. The highest BCUT2D eigenvalue weighted by Crippen LogP contribution is 2.34. The number of rotatable bonds is 1. The molecule has 1 aliphatic heterocycles. The molecule has 1 aromatic rings. The normalized spacial score (nSPS) is 22.9. The molecule has 5 heteroatoms. The van der Waals surface area contributed by atoms with Gasteiger partial charge in [-0.05, 0) is 29.8 Å². The molecule has 1 atom stereocenters. The topological polar surface area (TPSA) is 29.4 Å². The van der Waals surface area contributed by atoms with Gasteiger partial charge in [-0.2, -0.15) is 0 Å². The molecule has 0 N–H and O–H groups in total. The Bertz CT molecular complexity index is 704. The van der Waals surface area contributed by atoms with E-state index < -0.39 is 0 Å². The third-order valence-electron chi connectivity index (χ3n) is 2.90. The van der Waals surface area contributed by atoms with E-state index in [4.69, 9.17) is 23.2 Å². The van der Waals surface area contributed by atoms with Gasteiger partial charge in [0.25, 0.3) is 5.91 Å². The largest absolute Gasteiger partial charge is 0.283 e. The quantitative estimate of drug-likeness (QED) is 0.710. The lowest BCUT2D eigenvalue weighted by Gasteiger charge is -2.20. The average Bonchev–Trinajstić information content (AvgIpc) is 2.42. The van der Waals surface area contributed by atoms with E-state index in [1.54, 1.807) is 24.3 Å². The van der Waals surface area contributed by atoms with Crippen molar-refractivity contribution in [2.45, 2.75) is 5.25 Å². The van der Waals surface area contributed by atoms with Crippen molar-refractivity contribution in [3.8, 4) is 0 Å². The lowest BCUT2D eigenvalue weighted by molar-refractivity contribution is -0.113. The van der Waals surface area contributed by atoms with Crippen molar-refractivity contribution in [1.82, 2.24) is 0 Å².